The van der Waals surface area contributed by atoms with Gasteiger partial charge in [-0.1, -0.05) is 6.07 Å². The summed E-state index contributed by atoms with van der Waals surface area (Å²) in [6.45, 7) is 3.59. The number of nitro benzene ring substituents is 1. The Balaban J connectivity index is 2.39. The van der Waals surface area contributed by atoms with Gasteiger partial charge in [0.15, 0.2) is 0 Å². The highest BCUT2D eigenvalue weighted by molar-refractivity contribution is 5.85. The molecular weight excluding hydrogens is 266 g/mol. The lowest BCUT2D eigenvalue weighted by atomic mass is 10.1. The topological polar surface area (TPSA) is 108 Å². The first-order valence-electron chi connectivity index (χ1n) is 5.79. The summed E-state index contributed by atoms with van der Waals surface area (Å²) in [6.07, 6.45) is 0. The number of aryl methyl sites for hydroxylation is 1. The summed E-state index contributed by atoms with van der Waals surface area (Å²) < 4.78 is 9.69. The van der Waals surface area contributed by atoms with E-state index in [2.05, 4.69) is 10.1 Å². The van der Waals surface area contributed by atoms with Crippen molar-refractivity contribution in [2.75, 3.05) is 6.61 Å². The maximum Gasteiger partial charge on any atom is 0.379 e. The zero-order valence-electron chi connectivity index (χ0n) is 10.8. The van der Waals surface area contributed by atoms with Gasteiger partial charge in [0, 0.05) is 17.7 Å². The Morgan fingerprint density at radius 2 is 2.25 bits per heavy atom. The van der Waals surface area contributed by atoms with Crippen LogP contribution in [0.5, 0.6) is 0 Å². The summed E-state index contributed by atoms with van der Waals surface area (Å²) in [4.78, 5) is 25.6. The molecule has 0 amide bonds. The molecule has 0 aliphatic rings. The van der Waals surface area contributed by atoms with Gasteiger partial charge >= 0.3 is 5.97 Å². The van der Waals surface area contributed by atoms with Gasteiger partial charge in [0.25, 0.3) is 17.4 Å². The molecule has 1 aromatic heterocycles. The summed E-state index contributed by atoms with van der Waals surface area (Å²) in [6, 6.07) is 4.26. The summed E-state index contributed by atoms with van der Waals surface area (Å²) in [5.41, 5.74) is 1.03. The summed E-state index contributed by atoms with van der Waals surface area (Å²) >= 11 is 0. The second-order valence-electron chi connectivity index (χ2n) is 3.90. The number of aromatic nitrogens is 2. The molecule has 0 unspecified atom stereocenters. The predicted octanol–water partition coefficient (Wildman–Crippen LogP) is 2.13. The molecule has 2 rings (SSSR count). The van der Waals surface area contributed by atoms with E-state index < -0.39 is 10.9 Å². The van der Waals surface area contributed by atoms with Crippen LogP contribution in [0.4, 0.5) is 5.69 Å². The molecule has 8 heteroatoms. The largest absolute Gasteiger partial charge is 0.460 e. The molecule has 0 aliphatic heterocycles. The number of non-ortho nitro benzene ring substituents is 1. The molecule has 2 aromatic rings. The zero-order valence-corrected chi connectivity index (χ0v) is 10.8. The number of carbonyl (C=O) groups excluding carboxylic acids is 1. The number of nitro groups is 1. The summed E-state index contributed by atoms with van der Waals surface area (Å²) in [5, 5.41) is 14.3. The van der Waals surface area contributed by atoms with Crippen LogP contribution in [0.25, 0.3) is 11.5 Å². The molecular formula is C12H11N3O5. The smallest absolute Gasteiger partial charge is 0.379 e. The van der Waals surface area contributed by atoms with Crippen LogP contribution in [-0.2, 0) is 4.74 Å². The molecule has 0 saturated carbocycles. The normalized spacial score (nSPS) is 10.3. The van der Waals surface area contributed by atoms with Crippen LogP contribution >= 0.6 is 0 Å². The number of rotatable bonds is 4. The van der Waals surface area contributed by atoms with E-state index in [0.29, 0.717) is 5.56 Å². The van der Waals surface area contributed by atoms with Gasteiger partial charge in [0.1, 0.15) is 0 Å². The summed E-state index contributed by atoms with van der Waals surface area (Å²) in [7, 11) is 0. The molecule has 1 aromatic carbocycles. The van der Waals surface area contributed by atoms with Crippen LogP contribution in [0.1, 0.15) is 23.1 Å². The highest BCUT2D eigenvalue weighted by atomic mass is 16.6. The molecule has 0 saturated heterocycles. The lowest BCUT2D eigenvalue weighted by molar-refractivity contribution is -0.384. The molecule has 8 nitrogen and oxygen atoms in total. The van der Waals surface area contributed by atoms with Gasteiger partial charge in [0.2, 0.25) is 0 Å². The number of hydrogen-bond donors (Lipinski definition) is 0. The van der Waals surface area contributed by atoms with Crippen molar-refractivity contribution in [3.63, 3.8) is 0 Å². The van der Waals surface area contributed by atoms with E-state index >= 15 is 0 Å². The third kappa shape index (κ3) is 2.63. The number of hydrogen-bond acceptors (Lipinski definition) is 7. The fourth-order valence-electron chi connectivity index (χ4n) is 1.57. The number of nitrogens with zero attached hydrogens (tertiary/aromatic N) is 3. The highest BCUT2D eigenvalue weighted by Gasteiger charge is 2.19. The monoisotopic (exact) mass is 277 g/mol. The standard InChI is InChI=1S/C12H11N3O5/c1-3-19-12(16)10-13-11(20-14-10)9-6-8(15(17)18)5-4-7(9)2/h4-6H,3H2,1-2H3. The van der Waals surface area contributed by atoms with Crippen molar-refractivity contribution in [2.24, 2.45) is 0 Å². The first kappa shape index (κ1) is 13.7. The fourth-order valence-corrected chi connectivity index (χ4v) is 1.57. The van der Waals surface area contributed by atoms with Crippen molar-refractivity contribution in [1.29, 1.82) is 0 Å². The quantitative estimate of drug-likeness (QED) is 0.478. The Morgan fingerprint density at radius 3 is 2.90 bits per heavy atom. The molecule has 20 heavy (non-hydrogen) atoms. The molecule has 1 heterocycles. The lowest BCUT2D eigenvalue weighted by Crippen LogP contribution is -2.06. The molecule has 0 aliphatic carbocycles. The van der Waals surface area contributed by atoms with Gasteiger partial charge in [0.05, 0.1) is 11.5 Å². The molecule has 104 valence electrons. The molecule has 0 spiro atoms. The van der Waals surface area contributed by atoms with Crippen molar-refractivity contribution < 1.29 is 19.0 Å². The molecule has 0 atom stereocenters. The van der Waals surface area contributed by atoms with E-state index in [0.717, 1.165) is 5.56 Å². The number of carbonyl (C=O) groups is 1. The van der Waals surface area contributed by atoms with Gasteiger partial charge in [-0.05, 0) is 24.6 Å². The van der Waals surface area contributed by atoms with Crippen LogP contribution in [0.2, 0.25) is 0 Å². The van der Waals surface area contributed by atoms with Gasteiger partial charge in [-0.3, -0.25) is 10.1 Å². The fraction of sp³-hybridized carbons (Fsp3) is 0.250. The SMILES string of the molecule is CCOC(=O)c1noc(-c2cc([N+](=O)[O-])ccc2C)n1. The predicted molar refractivity (Wildman–Crippen MR) is 67.1 cm³/mol. The van der Waals surface area contributed by atoms with E-state index in [1.165, 1.54) is 12.1 Å². The lowest BCUT2D eigenvalue weighted by Gasteiger charge is -1.99. The number of ether oxygens (including phenoxy) is 1. The average molecular weight is 277 g/mol. The van der Waals surface area contributed by atoms with Crippen LogP contribution in [-0.4, -0.2) is 27.6 Å². The van der Waals surface area contributed by atoms with Crippen molar-refractivity contribution in [3.8, 4) is 11.5 Å². The second kappa shape index (κ2) is 5.47. The van der Waals surface area contributed by atoms with Gasteiger partial charge in [-0.2, -0.15) is 4.98 Å². The Hall–Kier alpha value is -2.77. The van der Waals surface area contributed by atoms with E-state index in [9.17, 15) is 14.9 Å². The van der Waals surface area contributed by atoms with Crippen molar-refractivity contribution in [1.82, 2.24) is 10.1 Å². The Morgan fingerprint density at radius 1 is 1.50 bits per heavy atom. The van der Waals surface area contributed by atoms with Crippen molar-refractivity contribution in [2.45, 2.75) is 13.8 Å². The zero-order chi connectivity index (χ0) is 14.7. The van der Waals surface area contributed by atoms with Gasteiger partial charge in [-0.15, -0.1) is 0 Å². The van der Waals surface area contributed by atoms with Crippen LogP contribution in [0.3, 0.4) is 0 Å². The van der Waals surface area contributed by atoms with E-state index in [1.54, 1.807) is 19.9 Å². The number of benzene rings is 1. The Kier molecular flexibility index (Phi) is 3.74. The minimum absolute atomic E-state index is 0.0363. The highest BCUT2D eigenvalue weighted by Crippen LogP contribution is 2.26. The second-order valence-corrected chi connectivity index (χ2v) is 3.90. The van der Waals surface area contributed by atoms with Gasteiger partial charge < -0.3 is 9.26 Å². The third-order valence-electron chi connectivity index (χ3n) is 2.55. The number of esters is 1. The van der Waals surface area contributed by atoms with Crippen molar-refractivity contribution >= 4 is 11.7 Å². The van der Waals surface area contributed by atoms with Crippen LogP contribution in [0, 0.1) is 17.0 Å². The molecule has 0 fully saturated rings. The van der Waals surface area contributed by atoms with Crippen LogP contribution < -0.4 is 0 Å². The Labute approximate surface area is 113 Å². The van der Waals surface area contributed by atoms with E-state index in [-0.39, 0.29) is 24.0 Å². The molecule has 0 N–H and O–H groups in total. The maximum atomic E-state index is 11.4. The third-order valence-corrected chi connectivity index (χ3v) is 2.55. The van der Waals surface area contributed by atoms with Crippen LogP contribution in [0.15, 0.2) is 22.7 Å². The average Bonchev–Trinajstić information content (AvgIpc) is 2.88. The molecule has 0 bridgehead atoms. The van der Waals surface area contributed by atoms with E-state index in [4.69, 9.17) is 9.26 Å². The summed E-state index contributed by atoms with van der Waals surface area (Å²) in [5.74, 6) is -0.882. The van der Waals surface area contributed by atoms with Crippen molar-refractivity contribution in [3.05, 3.63) is 39.7 Å². The Bertz CT molecular complexity index is 665. The minimum Gasteiger partial charge on any atom is -0.460 e. The molecule has 0 radical (unpaired) electrons. The van der Waals surface area contributed by atoms with E-state index in [1.807, 2.05) is 0 Å². The van der Waals surface area contributed by atoms with Gasteiger partial charge in [-0.25, -0.2) is 4.79 Å². The minimum atomic E-state index is -0.703. The maximum absolute atomic E-state index is 11.4. The first-order chi connectivity index (χ1) is 9.52. The first-order valence-corrected chi connectivity index (χ1v) is 5.79.